The van der Waals surface area contributed by atoms with Gasteiger partial charge in [-0.05, 0) is 0 Å². The zero-order valence-electron chi connectivity index (χ0n) is 8.30. The number of carbonyl (C=O) groups excluding carboxylic acids is 1. The Labute approximate surface area is 96.3 Å². The van der Waals surface area contributed by atoms with Gasteiger partial charge in [-0.1, -0.05) is 0 Å². The molecule has 0 atom stereocenters. The van der Waals surface area contributed by atoms with Gasteiger partial charge in [0.15, 0.2) is 0 Å². The van der Waals surface area contributed by atoms with E-state index >= 15 is 0 Å². The maximum atomic E-state index is 8.00. The summed E-state index contributed by atoms with van der Waals surface area (Å²) in [4.78, 5) is 8.00. The molecule has 0 aliphatic rings. The van der Waals surface area contributed by atoms with Crippen LogP contribution in [-0.4, -0.2) is 21.7 Å². The predicted molar refractivity (Wildman–Crippen MR) is 65.0 cm³/mol. The number of hydrogen-bond donors (Lipinski definition) is 0. The van der Waals surface area contributed by atoms with Crippen molar-refractivity contribution < 1.29 is 4.79 Å². The normalized spacial score (nSPS) is 8.80. The van der Waals surface area contributed by atoms with E-state index in [1.54, 1.807) is 0 Å². The van der Waals surface area contributed by atoms with Gasteiger partial charge in [0.1, 0.15) is 6.79 Å². The molecule has 0 amide bonds. The summed E-state index contributed by atoms with van der Waals surface area (Å²) in [5.74, 6) is 0. The number of rotatable bonds is 2. The van der Waals surface area contributed by atoms with E-state index in [4.69, 9.17) is 4.79 Å². The van der Waals surface area contributed by atoms with E-state index in [0.29, 0.717) is 15.0 Å². The molecule has 0 heterocycles. The van der Waals surface area contributed by atoms with Crippen LogP contribution in [0.3, 0.4) is 0 Å². The van der Waals surface area contributed by atoms with Crippen molar-refractivity contribution in [1.82, 2.24) is 0 Å². The number of carbonyl (C=O) groups is 1. The molecule has 15 heavy (non-hydrogen) atoms. The van der Waals surface area contributed by atoms with Crippen molar-refractivity contribution in [2.24, 2.45) is 0 Å². The summed E-state index contributed by atoms with van der Waals surface area (Å²) in [5.41, 5.74) is 0. The van der Waals surface area contributed by atoms with Gasteiger partial charge in [0.2, 0.25) is 0 Å². The van der Waals surface area contributed by atoms with Crippen LogP contribution in [0.2, 0.25) is 0 Å². The van der Waals surface area contributed by atoms with Crippen LogP contribution in [0.1, 0.15) is 0 Å². The van der Waals surface area contributed by atoms with Crippen LogP contribution in [0.4, 0.5) is 0 Å². The Kier molecular flexibility index (Phi) is 5.46. The molecule has 0 saturated heterocycles. The summed E-state index contributed by atoms with van der Waals surface area (Å²) in [5, 5.41) is 0. The SMILES string of the molecule is C=O.c1ccc([Se]c2ccccc2)cc1. The molecule has 0 saturated carbocycles. The zero-order valence-corrected chi connectivity index (χ0v) is 10.0. The molecule has 0 fully saturated rings. The van der Waals surface area contributed by atoms with Gasteiger partial charge >= 0.3 is 84.5 Å². The van der Waals surface area contributed by atoms with Crippen molar-refractivity contribution in [2.45, 2.75) is 0 Å². The Morgan fingerprint density at radius 1 is 0.667 bits per heavy atom. The molecule has 1 nitrogen and oxygen atoms in total. The van der Waals surface area contributed by atoms with Crippen molar-refractivity contribution in [3.63, 3.8) is 0 Å². The van der Waals surface area contributed by atoms with E-state index < -0.39 is 0 Å². The molecular formula is C13H12OSe. The third kappa shape index (κ3) is 4.11. The summed E-state index contributed by atoms with van der Waals surface area (Å²) in [6.07, 6.45) is 0. The van der Waals surface area contributed by atoms with Crippen LogP contribution in [0, 0.1) is 0 Å². The second kappa shape index (κ2) is 6.99. The Morgan fingerprint density at radius 3 is 1.33 bits per heavy atom. The van der Waals surface area contributed by atoms with Crippen molar-refractivity contribution in [3.8, 4) is 0 Å². The van der Waals surface area contributed by atoms with E-state index in [-0.39, 0.29) is 0 Å². The van der Waals surface area contributed by atoms with Gasteiger partial charge in [-0.25, -0.2) is 0 Å². The van der Waals surface area contributed by atoms with Gasteiger partial charge in [-0.2, -0.15) is 0 Å². The number of hydrogen-bond acceptors (Lipinski definition) is 1. The maximum absolute atomic E-state index is 8.00. The Bertz CT molecular complexity index is 335. The van der Waals surface area contributed by atoms with Gasteiger partial charge in [0, 0.05) is 0 Å². The van der Waals surface area contributed by atoms with Crippen LogP contribution in [0.5, 0.6) is 0 Å². The van der Waals surface area contributed by atoms with Crippen LogP contribution >= 0.6 is 0 Å². The fraction of sp³-hybridized carbons (Fsp3) is 0. The summed E-state index contributed by atoms with van der Waals surface area (Å²) in [6, 6.07) is 21.3. The molecule has 76 valence electrons. The fourth-order valence-electron chi connectivity index (χ4n) is 1.11. The van der Waals surface area contributed by atoms with E-state index in [1.165, 1.54) is 8.92 Å². The van der Waals surface area contributed by atoms with E-state index in [2.05, 4.69) is 60.7 Å². The monoisotopic (exact) mass is 264 g/mol. The molecule has 2 rings (SSSR count). The van der Waals surface area contributed by atoms with Crippen molar-refractivity contribution >= 4 is 30.7 Å². The zero-order chi connectivity index (χ0) is 10.9. The second-order valence-electron chi connectivity index (χ2n) is 2.73. The quantitative estimate of drug-likeness (QED) is 0.743. The topological polar surface area (TPSA) is 17.1 Å². The van der Waals surface area contributed by atoms with Gasteiger partial charge < -0.3 is 4.79 Å². The standard InChI is InChI=1S/C12H10Se.CH2O/c1-3-7-11(8-4-1)13-12-9-5-2-6-10-12;1-2/h1-10H;1H2. The molecule has 0 aliphatic carbocycles. The van der Waals surface area contributed by atoms with Crippen LogP contribution in [-0.2, 0) is 4.79 Å². The third-order valence-electron chi connectivity index (χ3n) is 1.72. The Morgan fingerprint density at radius 2 is 1.00 bits per heavy atom. The average Bonchev–Trinajstić information content (AvgIpc) is 2.34. The molecule has 2 heteroatoms. The third-order valence-corrected chi connectivity index (χ3v) is 3.85. The molecule has 0 bridgehead atoms. The van der Waals surface area contributed by atoms with Crippen LogP contribution in [0.25, 0.3) is 0 Å². The molecular weight excluding hydrogens is 251 g/mol. The van der Waals surface area contributed by atoms with Crippen molar-refractivity contribution in [1.29, 1.82) is 0 Å². The Hall–Kier alpha value is -1.37. The molecule has 0 unspecified atom stereocenters. The molecule has 2 aromatic rings. The fourth-order valence-corrected chi connectivity index (χ4v) is 2.91. The summed E-state index contributed by atoms with van der Waals surface area (Å²) < 4.78 is 2.86. The van der Waals surface area contributed by atoms with Crippen LogP contribution in [0.15, 0.2) is 60.7 Å². The van der Waals surface area contributed by atoms with Crippen LogP contribution < -0.4 is 8.92 Å². The van der Waals surface area contributed by atoms with Gasteiger partial charge in [-0.3, -0.25) is 0 Å². The molecule has 0 N–H and O–H groups in total. The molecule has 2 aromatic carbocycles. The summed E-state index contributed by atoms with van der Waals surface area (Å²) in [7, 11) is 0. The first kappa shape index (κ1) is 11.7. The van der Waals surface area contributed by atoms with Crippen molar-refractivity contribution in [3.05, 3.63) is 60.7 Å². The summed E-state index contributed by atoms with van der Waals surface area (Å²) in [6.45, 7) is 2.00. The van der Waals surface area contributed by atoms with E-state index in [0.717, 1.165) is 0 Å². The first-order valence-electron chi connectivity index (χ1n) is 4.52. The van der Waals surface area contributed by atoms with Gasteiger partial charge in [-0.15, -0.1) is 0 Å². The first-order chi connectivity index (χ1) is 7.45. The van der Waals surface area contributed by atoms with Crippen molar-refractivity contribution in [2.75, 3.05) is 0 Å². The number of benzene rings is 2. The molecule has 0 spiro atoms. The minimum absolute atomic E-state index is 0.461. The van der Waals surface area contributed by atoms with E-state index in [1.807, 2.05) is 6.79 Å². The summed E-state index contributed by atoms with van der Waals surface area (Å²) >= 11 is 0.461. The van der Waals surface area contributed by atoms with Gasteiger partial charge in [0.05, 0.1) is 0 Å². The van der Waals surface area contributed by atoms with Gasteiger partial charge in [0.25, 0.3) is 0 Å². The Balaban J connectivity index is 0.000000531. The average molecular weight is 263 g/mol. The first-order valence-corrected chi connectivity index (χ1v) is 6.23. The predicted octanol–water partition coefficient (Wildman–Crippen LogP) is 1.16. The van der Waals surface area contributed by atoms with E-state index in [9.17, 15) is 0 Å². The molecule has 0 aliphatic heterocycles. The molecule has 0 radical (unpaired) electrons. The minimum atomic E-state index is 0.461. The second-order valence-corrected chi connectivity index (χ2v) is 5.13. The molecule has 0 aromatic heterocycles.